The lowest BCUT2D eigenvalue weighted by molar-refractivity contribution is -0.156. The van der Waals surface area contributed by atoms with E-state index in [4.69, 9.17) is 9.47 Å². The van der Waals surface area contributed by atoms with E-state index in [1.54, 1.807) is 7.11 Å². The molecule has 0 amide bonds. The molecule has 0 aromatic rings. The number of carbonyl (C=O) groups is 2. The molecular formula is C12H19NO4. The Morgan fingerprint density at radius 2 is 2.06 bits per heavy atom. The number of hydrogen-bond acceptors (Lipinski definition) is 5. The van der Waals surface area contributed by atoms with Crippen LogP contribution in [0.3, 0.4) is 0 Å². The fourth-order valence-electron chi connectivity index (χ4n) is 1.97. The van der Waals surface area contributed by atoms with Gasteiger partial charge in [0.2, 0.25) is 0 Å². The lowest BCUT2D eigenvalue weighted by Gasteiger charge is -2.32. The number of rotatable bonds is 5. The molecule has 1 saturated heterocycles. The minimum atomic E-state index is -0.217. The number of methoxy groups -OCH3 is 1. The Bertz CT molecular complexity index is 291. The highest BCUT2D eigenvalue weighted by atomic mass is 16.6. The van der Waals surface area contributed by atoms with E-state index in [0.717, 1.165) is 12.8 Å². The summed E-state index contributed by atoms with van der Waals surface area (Å²) in [5.41, 5.74) is 0. The number of esters is 1. The number of nitrogens with zero attached hydrogens (tertiary/aromatic N) is 1. The highest BCUT2D eigenvalue weighted by Gasteiger charge is 2.32. The van der Waals surface area contributed by atoms with Crippen LogP contribution in [0.4, 0.5) is 0 Å². The van der Waals surface area contributed by atoms with Gasteiger partial charge in [-0.05, 0) is 12.8 Å². The smallest absolute Gasteiger partial charge is 0.309 e. The predicted octanol–water partition coefficient (Wildman–Crippen LogP) is 0.577. The zero-order valence-electron chi connectivity index (χ0n) is 10.2. The maximum atomic E-state index is 11.4. The predicted molar refractivity (Wildman–Crippen MR) is 60.3 cm³/mol. The van der Waals surface area contributed by atoms with E-state index in [0.29, 0.717) is 31.7 Å². The number of carbonyl (C=O) groups excluding carboxylic acids is 2. The van der Waals surface area contributed by atoms with Gasteiger partial charge in [-0.3, -0.25) is 14.5 Å². The second-order valence-electron chi connectivity index (χ2n) is 4.67. The van der Waals surface area contributed by atoms with Crippen molar-refractivity contribution in [2.24, 2.45) is 5.92 Å². The molecule has 17 heavy (non-hydrogen) atoms. The Kier molecular flexibility index (Phi) is 4.12. The van der Waals surface area contributed by atoms with Crippen LogP contribution in [0, 0.1) is 5.92 Å². The third kappa shape index (κ3) is 3.51. The molecule has 0 aromatic carbocycles. The summed E-state index contributed by atoms with van der Waals surface area (Å²) in [6.45, 7) is 1.65. The molecule has 1 heterocycles. The topological polar surface area (TPSA) is 55.8 Å². The molecule has 2 rings (SSSR count). The number of likely N-dealkylation sites (tertiary alicyclic amines) is 1. The van der Waals surface area contributed by atoms with Crippen molar-refractivity contribution in [3.63, 3.8) is 0 Å². The molecule has 1 aliphatic heterocycles. The van der Waals surface area contributed by atoms with Crippen LogP contribution in [0.25, 0.3) is 0 Å². The van der Waals surface area contributed by atoms with Crippen molar-refractivity contribution < 1.29 is 19.1 Å². The Labute approximate surface area is 101 Å². The summed E-state index contributed by atoms with van der Waals surface area (Å²) < 4.78 is 10.5. The van der Waals surface area contributed by atoms with Crippen LogP contribution in [0.15, 0.2) is 0 Å². The zero-order valence-corrected chi connectivity index (χ0v) is 10.2. The molecule has 1 unspecified atom stereocenters. The summed E-state index contributed by atoms with van der Waals surface area (Å²) in [5.74, 6) is 0.307. The molecule has 0 radical (unpaired) electrons. The molecule has 1 atom stereocenters. The average molecular weight is 241 g/mol. The van der Waals surface area contributed by atoms with Crippen LogP contribution < -0.4 is 0 Å². The monoisotopic (exact) mass is 241 g/mol. The normalized spacial score (nSPS) is 23.5. The highest BCUT2D eigenvalue weighted by Crippen LogP contribution is 2.30. The molecule has 0 bridgehead atoms. The first kappa shape index (κ1) is 12.5. The van der Waals surface area contributed by atoms with Gasteiger partial charge in [0.1, 0.15) is 18.6 Å². The lowest BCUT2D eigenvalue weighted by atomic mass is 10.1. The quantitative estimate of drug-likeness (QED) is 0.659. The van der Waals surface area contributed by atoms with Gasteiger partial charge in [-0.2, -0.15) is 0 Å². The van der Waals surface area contributed by atoms with Gasteiger partial charge in [0.15, 0.2) is 0 Å². The fraction of sp³-hybridized carbons (Fsp3) is 0.833. The van der Waals surface area contributed by atoms with Gasteiger partial charge >= 0.3 is 5.97 Å². The Morgan fingerprint density at radius 1 is 1.41 bits per heavy atom. The van der Waals surface area contributed by atoms with E-state index < -0.39 is 0 Å². The molecule has 1 saturated carbocycles. The van der Waals surface area contributed by atoms with Crippen molar-refractivity contribution in [1.82, 2.24) is 4.90 Å². The first-order valence-corrected chi connectivity index (χ1v) is 6.16. The first-order chi connectivity index (χ1) is 8.20. The second kappa shape index (κ2) is 5.60. The maximum Gasteiger partial charge on any atom is 0.309 e. The van der Waals surface area contributed by atoms with Crippen LogP contribution in [-0.2, 0) is 19.1 Å². The molecule has 5 heteroatoms. The van der Waals surface area contributed by atoms with Gasteiger partial charge in [-0.25, -0.2) is 0 Å². The van der Waals surface area contributed by atoms with E-state index in [1.807, 2.05) is 0 Å². The maximum absolute atomic E-state index is 11.4. The van der Waals surface area contributed by atoms with Gasteiger partial charge < -0.3 is 9.47 Å². The molecule has 2 aliphatic rings. The highest BCUT2D eigenvalue weighted by molar-refractivity contribution is 5.79. The number of ether oxygens (including phenoxy) is 2. The molecule has 5 nitrogen and oxygen atoms in total. The molecule has 2 fully saturated rings. The largest absolute Gasteiger partial charge is 0.461 e. The molecule has 0 spiro atoms. The molecule has 96 valence electrons. The Morgan fingerprint density at radius 3 is 2.59 bits per heavy atom. The SMILES string of the molecule is COC(COC(=O)C1CC1)N1CCC(=O)CC1. The standard InChI is InChI=1S/C12H19NO4/c1-16-11(8-17-12(15)9-2-3-9)13-6-4-10(14)5-7-13/h9,11H,2-8H2,1H3. The third-order valence-corrected chi connectivity index (χ3v) is 3.31. The van der Waals surface area contributed by atoms with Crippen LogP contribution in [0.1, 0.15) is 25.7 Å². The molecule has 0 N–H and O–H groups in total. The van der Waals surface area contributed by atoms with E-state index >= 15 is 0 Å². The number of hydrogen-bond donors (Lipinski definition) is 0. The van der Waals surface area contributed by atoms with E-state index in [9.17, 15) is 9.59 Å². The zero-order chi connectivity index (χ0) is 12.3. The summed E-state index contributed by atoms with van der Waals surface area (Å²) in [7, 11) is 1.60. The summed E-state index contributed by atoms with van der Waals surface area (Å²) in [5, 5.41) is 0. The number of ketones is 1. The summed E-state index contributed by atoms with van der Waals surface area (Å²) in [6.07, 6.45) is 2.82. The van der Waals surface area contributed by atoms with Crippen LogP contribution in [0.5, 0.6) is 0 Å². The molecule has 0 aromatic heterocycles. The van der Waals surface area contributed by atoms with Gasteiger partial charge in [-0.15, -0.1) is 0 Å². The van der Waals surface area contributed by atoms with Crippen molar-refractivity contribution in [3.05, 3.63) is 0 Å². The van der Waals surface area contributed by atoms with E-state index in [-0.39, 0.29) is 24.7 Å². The molecule has 1 aliphatic carbocycles. The summed E-state index contributed by atoms with van der Waals surface area (Å²) in [4.78, 5) is 24.6. The Balaban J connectivity index is 1.75. The van der Waals surface area contributed by atoms with Gasteiger partial charge in [0, 0.05) is 33.0 Å². The van der Waals surface area contributed by atoms with Crippen LogP contribution in [0.2, 0.25) is 0 Å². The minimum absolute atomic E-state index is 0.111. The summed E-state index contributed by atoms with van der Waals surface area (Å²) >= 11 is 0. The van der Waals surface area contributed by atoms with E-state index in [1.165, 1.54) is 0 Å². The van der Waals surface area contributed by atoms with Crippen molar-refractivity contribution in [2.75, 3.05) is 26.8 Å². The number of piperidine rings is 1. The molecular weight excluding hydrogens is 222 g/mol. The van der Waals surface area contributed by atoms with Crippen molar-refractivity contribution in [2.45, 2.75) is 31.9 Å². The first-order valence-electron chi connectivity index (χ1n) is 6.16. The lowest BCUT2D eigenvalue weighted by Crippen LogP contribution is -2.45. The van der Waals surface area contributed by atoms with Crippen LogP contribution in [-0.4, -0.2) is 49.7 Å². The van der Waals surface area contributed by atoms with Gasteiger partial charge in [-0.1, -0.05) is 0 Å². The Hall–Kier alpha value is -0.940. The van der Waals surface area contributed by atoms with Gasteiger partial charge in [0.05, 0.1) is 5.92 Å². The third-order valence-electron chi connectivity index (χ3n) is 3.31. The fourth-order valence-corrected chi connectivity index (χ4v) is 1.97. The van der Waals surface area contributed by atoms with Crippen molar-refractivity contribution in [1.29, 1.82) is 0 Å². The second-order valence-corrected chi connectivity index (χ2v) is 4.67. The van der Waals surface area contributed by atoms with Crippen molar-refractivity contribution >= 4 is 11.8 Å². The van der Waals surface area contributed by atoms with E-state index in [2.05, 4.69) is 4.90 Å². The minimum Gasteiger partial charge on any atom is -0.461 e. The summed E-state index contributed by atoms with van der Waals surface area (Å²) in [6, 6.07) is 0. The van der Waals surface area contributed by atoms with Crippen molar-refractivity contribution in [3.8, 4) is 0 Å². The van der Waals surface area contributed by atoms with Crippen LogP contribution >= 0.6 is 0 Å². The average Bonchev–Trinajstić information content (AvgIpc) is 3.16. The number of Topliss-reactive ketones (excluding diaryl/α,β-unsaturated/α-hetero) is 1. The van der Waals surface area contributed by atoms with Gasteiger partial charge in [0.25, 0.3) is 0 Å².